The number of nitrogens with zero attached hydrogens (tertiary/aromatic N) is 2. The molecule has 1 amide bonds. The Bertz CT molecular complexity index is 488. The molecule has 3 rings (SSSR count). The number of rotatable bonds is 2. The van der Waals surface area contributed by atoms with Crippen LogP contribution in [0.4, 0.5) is 0 Å². The van der Waals surface area contributed by atoms with Crippen LogP contribution in [0.3, 0.4) is 0 Å². The summed E-state index contributed by atoms with van der Waals surface area (Å²) < 4.78 is 0. The lowest BCUT2D eigenvalue weighted by Gasteiger charge is -2.27. The number of likely N-dealkylation sites (tertiary alicyclic amines) is 1. The van der Waals surface area contributed by atoms with Crippen molar-refractivity contribution >= 4 is 5.91 Å². The smallest absolute Gasteiger partial charge is 0.272 e. The summed E-state index contributed by atoms with van der Waals surface area (Å²) in [6.07, 6.45) is 2.74. The van der Waals surface area contributed by atoms with E-state index in [4.69, 9.17) is 0 Å². The van der Waals surface area contributed by atoms with Crippen molar-refractivity contribution in [3.63, 3.8) is 0 Å². The third-order valence-electron chi connectivity index (χ3n) is 4.61. The second-order valence-electron chi connectivity index (χ2n) is 5.68. The standard InChI is InChI=1S/C15H21N3O/c1-3-13-12-8-16-7-11(12)9-18(13)15(19)14-10(2)5-4-6-17-14/h4-6,11-13,16H,3,7-9H2,1-2H3. The van der Waals surface area contributed by atoms with Crippen molar-refractivity contribution in [2.24, 2.45) is 11.8 Å². The normalized spacial score (nSPS) is 29.6. The van der Waals surface area contributed by atoms with Crippen LogP contribution in [0.1, 0.15) is 29.4 Å². The lowest BCUT2D eigenvalue weighted by atomic mass is 9.93. The molecule has 0 aliphatic carbocycles. The molecule has 4 nitrogen and oxygen atoms in total. The minimum Gasteiger partial charge on any atom is -0.334 e. The summed E-state index contributed by atoms with van der Waals surface area (Å²) in [6, 6.07) is 4.21. The SMILES string of the molecule is CCC1C2CNCC2CN1C(=O)c1ncccc1C. The first-order valence-electron chi connectivity index (χ1n) is 7.15. The van der Waals surface area contributed by atoms with Crippen LogP contribution in [-0.4, -0.2) is 41.5 Å². The maximum Gasteiger partial charge on any atom is 0.272 e. The largest absolute Gasteiger partial charge is 0.334 e. The molecule has 0 radical (unpaired) electrons. The highest BCUT2D eigenvalue weighted by molar-refractivity contribution is 5.94. The number of amides is 1. The van der Waals surface area contributed by atoms with E-state index >= 15 is 0 Å². The second-order valence-corrected chi connectivity index (χ2v) is 5.68. The van der Waals surface area contributed by atoms with Crippen LogP contribution in [-0.2, 0) is 0 Å². The fourth-order valence-electron chi connectivity index (χ4n) is 3.63. The summed E-state index contributed by atoms with van der Waals surface area (Å²) in [7, 11) is 0. The van der Waals surface area contributed by atoms with Crippen molar-refractivity contribution < 1.29 is 4.79 Å². The maximum atomic E-state index is 12.7. The first-order valence-corrected chi connectivity index (χ1v) is 7.15. The minimum atomic E-state index is 0.111. The molecule has 3 atom stereocenters. The highest BCUT2D eigenvalue weighted by atomic mass is 16.2. The Morgan fingerprint density at radius 1 is 1.53 bits per heavy atom. The fourth-order valence-corrected chi connectivity index (χ4v) is 3.63. The van der Waals surface area contributed by atoms with Gasteiger partial charge in [0.05, 0.1) is 0 Å². The summed E-state index contributed by atoms with van der Waals surface area (Å²) >= 11 is 0. The number of aryl methyl sites for hydroxylation is 1. The number of nitrogens with one attached hydrogen (secondary N) is 1. The van der Waals surface area contributed by atoms with Crippen LogP contribution >= 0.6 is 0 Å². The monoisotopic (exact) mass is 259 g/mol. The Balaban J connectivity index is 1.86. The molecule has 1 aromatic rings. The number of fused-ring (bicyclic) bond motifs is 1. The van der Waals surface area contributed by atoms with Crippen LogP contribution in [0.15, 0.2) is 18.3 Å². The Morgan fingerprint density at radius 2 is 2.37 bits per heavy atom. The summed E-state index contributed by atoms with van der Waals surface area (Å²) in [5.41, 5.74) is 1.59. The van der Waals surface area contributed by atoms with E-state index in [-0.39, 0.29) is 5.91 Å². The third-order valence-corrected chi connectivity index (χ3v) is 4.61. The molecule has 2 aliphatic rings. The molecule has 19 heavy (non-hydrogen) atoms. The van der Waals surface area contributed by atoms with Gasteiger partial charge < -0.3 is 10.2 Å². The zero-order valence-electron chi connectivity index (χ0n) is 11.6. The predicted octanol–water partition coefficient (Wildman–Crippen LogP) is 1.46. The van der Waals surface area contributed by atoms with Crippen molar-refractivity contribution in [2.45, 2.75) is 26.3 Å². The van der Waals surface area contributed by atoms with Gasteiger partial charge in [-0.2, -0.15) is 0 Å². The van der Waals surface area contributed by atoms with E-state index < -0.39 is 0 Å². The summed E-state index contributed by atoms with van der Waals surface area (Å²) in [4.78, 5) is 19.1. The van der Waals surface area contributed by atoms with Crippen molar-refractivity contribution in [3.05, 3.63) is 29.6 Å². The third kappa shape index (κ3) is 2.04. The van der Waals surface area contributed by atoms with E-state index in [0.717, 1.165) is 31.6 Å². The number of carbonyl (C=O) groups is 1. The predicted molar refractivity (Wildman–Crippen MR) is 73.9 cm³/mol. The Labute approximate surface area is 114 Å². The van der Waals surface area contributed by atoms with Crippen LogP contribution < -0.4 is 5.32 Å². The van der Waals surface area contributed by atoms with Gasteiger partial charge in [-0.3, -0.25) is 9.78 Å². The lowest BCUT2D eigenvalue weighted by molar-refractivity contribution is 0.0705. The van der Waals surface area contributed by atoms with Gasteiger partial charge in [0.1, 0.15) is 5.69 Å². The van der Waals surface area contributed by atoms with Crippen molar-refractivity contribution in [1.82, 2.24) is 15.2 Å². The topological polar surface area (TPSA) is 45.2 Å². The first-order chi connectivity index (χ1) is 9.22. The Hall–Kier alpha value is -1.42. The molecular weight excluding hydrogens is 238 g/mol. The van der Waals surface area contributed by atoms with Crippen molar-refractivity contribution in [2.75, 3.05) is 19.6 Å². The van der Waals surface area contributed by atoms with Gasteiger partial charge in [0.2, 0.25) is 0 Å². The highest BCUT2D eigenvalue weighted by Gasteiger charge is 2.45. The van der Waals surface area contributed by atoms with Gasteiger partial charge in [-0.25, -0.2) is 0 Å². The fraction of sp³-hybridized carbons (Fsp3) is 0.600. The summed E-state index contributed by atoms with van der Waals surface area (Å²) in [5, 5.41) is 3.45. The average Bonchev–Trinajstić information content (AvgIpc) is 2.98. The quantitative estimate of drug-likeness (QED) is 0.874. The summed E-state index contributed by atoms with van der Waals surface area (Å²) in [5.74, 6) is 1.36. The van der Waals surface area contributed by atoms with Crippen LogP contribution in [0.25, 0.3) is 0 Å². The lowest BCUT2D eigenvalue weighted by Crippen LogP contribution is -2.40. The van der Waals surface area contributed by atoms with Crippen molar-refractivity contribution in [1.29, 1.82) is 0 Å². The van der Waals surface area contributed by atoms with E-state index in [1.165, 1.54) is 0 Å². The van der Waals surface area contributed by atoms with Gasteiger partial charge >= 0.3 is 0 Å². The molecule has 4 heteroatoms. The molecule has 2 saturated heterocycles. The van der Waals surface area contributed by atoms with E-state index in [1.807, 2.05) is 19.1 Å². The molecule has 0 spiro atoms. The second kappa shape index (κ2) is 4.93. The van der Waals surface area contributed by atoms with Gasteiger partial charge in [0, 0.05) is 31.9 Å². The van der Waals surface area contributed by atoms with Crippen molar-refractivity contribution in [3.8, 4) is 0 Å². The van der Waals surface area contributed by atoms with E-state index in [2.05, 4.69) is 22.1 Å². The zero-order valence-corrected chi connectivity index (χ0v) is 11.6. The van der Waals surface area contributed by atoms with Gasteiger partial charge in [-0.1, -0.05) is 13.0 Å². The van der Waals surface area contributed by atoms with E-state index in [1.54, 1.807) is 6.20 Å². The summed E-state index contributed by atoms with van der Waals surface area (Å²) in [6.45, 7) is 7.11. The molecule has 3 heterocycles. The molecule has 1 aromatic heterocycles. The number of carbonyl (C=O) groups excluding carboxylic acids is 1. The molecule has 0 bridgehead atoms. The minimum absolute atomic E-state index is 0.111. The first kappa shape index (κ1) is 12.6. The zero-order chi connectivity index (χ0) is 13.4. The average molecular weight is 259 g/mol. The number of aromatic nitrogens is 1. The van der Waals surface area contributed by atoms with E-state index in [9.17, 15) is 4.79 Å². The van der Waals surface area contributed by atoms with Gasteiger partial charge in [0.25, 0.3) is 5.91 Å². The molecule has 2 aliphatic heterocycles. The number of hydrogen-bond donors (Lipinski definition) is 1. The van der Waals surface area contributed by atoms with Crippen LogP contribution in [0.5, 0.6) is 0 Å². The molecule has 0 saturated carbocycles. The van der Waals surface area contributed by atoms with Gasteiger partial charge in [0.15, 0.2) is 0 Å². The van der Waals surface area contributed by atoms with Gasteiger partial charge in [-0.15, -0.1) is 0 Å². The molecule has 3 unspecified atom stereocenters. The van der Waals surface area contributed by atoms with E-state index in [0.29, 0.717) is 23.6 Å². The molecule has 102 valence electrons. The Kier molecular flexibility index (Phi) is 3.27. The maximum absolute atomic E-state index is 12.7. The molecule has 0 aromatic carbocycles. The van der Waals surface area contributed by atoms with Gasteiger partial charge in [-0.05, 0) is 36.8 Å². The molecular formula is C15H21N3O. The molecule has 1 N–H and O–H groups in total. The Morgan fingerprint density at radius 3 is 3.11 bits per heavy atom. The van der Waals surface area contributed by atoms with Crippen LogP contribution in [0, 0.1) is 18.8 Å². The molecule has 2 fully saturated rings. The number of hydrogen-bond acceptors (Lipinski definition) is 3. The highest BCUT2D eigenvalue weighted by Crippen LogP contribution is 2.35. The number of pyridine rings is 1. The van der Waals surface area contributed by atoms with Crippen LogP contribution in [0.2, 0.25) is 0 Å².